The first-order chi connectivity index (χ1) is 7.66. The van der Waals surface area contributed by atoms with E-state index in [9.17, 15) is 4.79 Å². The third-order valence-electron chi connectivity index (χ3n) is 1.94. The molecule has 0 unspecified atom stereocenters. The second kappa shape index (κ2) is 4.27. The summed E-state index contributed by atoms with van der Waals surface area (Å²) in [6.45, 7) is 0.357. The SMILES string of the molecule is CN(Cc1ncn[nH]1)C(=O)c1csc(N)n1. The standard InChI is InChI=1S/C8H10N6OS/c1-14(2-6-10-4-11-13-6)7(15)5-3-16-8(9)12-5/h3-4H,2H2,1H3,(H2,9,12)(H,10,11,13). The lowest BCUT2D eigenvalue weighted by atomic mass is 10.4. The lowest BCUT2D eigenvalue weighted by Crippen LogP contribution is -2.27. The van der Waals surface area contributed by atoms with Crippen LogP contribution in [0.3, 0.4) is 0 Å². The van der Waals surface area contributed by atoms with Crippen molar-refractivity contribution in [1.29, 1.82) is 0 Å². The predicted octanol–water partition coefficient (Wildman–Crippen LogP) is 0.116. The zero-order valence-electron chi connectivity index (χ0n) is 8.54. The van der Waals surface area contributed by atoms with Gasteiger partial charge >= 0.3 is 0 Å². The molecule has 2 aromatic heterocycles. The quantitative estimate of drug-likeness (QED) is 0.790. The number of aromatic amines is 1. The Morgan fingerprint density at radius 1 is 1.69 bits per heavy atom. The van der Waals surface area contributed by atoms with Crippen molar-refractivity contribution in [2.45, 2.75) is 6.54 Å². The van der Waals surface area contributed by atoms with Gasteiger partial charge in [0.1, 0.15) is 17.8 Å². The average Bonchev–Trinajstić information content (AvgIpc) is 2.88. The fraction of sp³-hybridized carbons (Fsp3) is 0.250. The molecule has 84 valence electrons. The third kappa shape index (κ3) is 2.16. The Labute approximate surface area is 95.3 Å². The van der Waals surface area contributed by atoms with Crippen LogP contribution in [0, 0.1) is 0 Å². The van der Waals surface area contributed by atoms with Crippen LogP contribution >= 0.6 is 11.3 Å². The highest BCUT2D eigenvalue weighted by Crippen LogP contribution is 2.13. The minimum absolute atomic E-state index is 0.190. The maximum atomic E-state index is 11.8. The number of nitrogens with two attached hydrogens (primary N) is 1. The number of aromatic nitrogens is 4. The Bertz CT molecular complexity index is 478. The largest absolute Gasteiger partial charge is 0.375 e. The molecule has 2 aromatic rings. The Kier molecular flexibility index (Phi) is 2.82. The number of amides is 1. The molecular weight excluding hydrogens is 228 g/mol. The minimum Gasteiger partial charge on any atom is -0.375 e. The number of anilines is 1. The van der Waals surface area contributed by atoms with Crippen LogP contribution < -0.4 is 5.73 Å². The third-order valence-corrected chi connectivity index (χ3v) is 2.61. The highest BCUT2D eigenvalue weighted by atomic mass is 32.1. The van der Waals surface area contributed by atoms with Gasteiger partial charge in [-0.15, -0.1) is 11.3 Å². The number of carbonyl (C=O) groups is 1. The van der Waals surface area contributed by atoms with E-state index in [2.05, 4.69) is 20.2 Å². The zero-order chi connectivity index (χ0) is 11.5. The molecule has 0 saturated heterocycles. The molecule has 0 spiro atoms. The lowest BCUT2D eigenvalue weighted by molar-refractivity contribution is 0.0777. The maximum absolute atomic E-state index is 11.8. The Balaban J connectivity index is 2.05. The second-order valence-electron chi connectivity index (χ2n) is 3.16. The van der Waals surface area contributed by atoms with E-state index in [-0.39, 0.29) is 5.91 Å². The number of thiazole rings is 1. The van der Waals surface area contributed by atoms with Gasteiger partial charge in [-0.1, -0.05) is 0 Å². The van der Waals surface area contributed by atoms with E-state index in [1.165, 1.54) is 22.6 Å². The number of rotatable bonds is 3. The molecule has 0 aliphatic heterocycles. The molecule has 7 nitrogen and oxygen atoms in total. The minimum atomic E-state index is -0.190. The summed E-state index contributed by atoms with van der Waals surface area (Å²) in [5, 5.41) is 8.40. The van der Waals surface area contributed by atoms with Crippen LogP contribution in [0.4, 0.5) is 5.13 Å². The zero-order valence-corrected chi connectivity index (χ0v) is 9.36. The van der Waals surface area contributed by atoms with Gasteiger partial charge in [0.2, 0.25) is 0 Å². The van der Waals surface area contributed by atoms with E-state index < -0.39 is 0 Å². The number of nitrogens with one attached hydrogen (secondary N) is 1. The number of H-pyrrole nitrogens is 1. The highest BCUT2D eigenvalue weighted by Gasteiger charge is 2.15. The summed E-state index contributed by atoms with van der Waals surface area (Å²) in [6.07, 6.45) is 1.40. The molecule has 0 saturated carbocycles. The molecule has 0 bridgehead atoms. The van der Waals surface area contributed by atoms with Crippen molar-refractivity contribution in [2.75, 3.05) is 12.8 Å². The van der Waals surface area contributed by atoms with Crippen LogP contribution in [0.15, 0.2) is 11.7 Å². The van der Waals surface area contributed by atoms with Crippen LogP contribution in [-0.2, 0) is 6.54 Å². The first-order valence-electron chi connectivity index (χ1n) is 4.47. The van der Waals surface area contributed by atoms with E-state index in [0.717, 1.165) is 0 Å². The van der Waals surface area contributed by atoms with Crippen LogP contribution in [0.2, 0.25) is 0 Å². The molecule has 0 atom stereocenters. The van der Waals surface area contributed by atoms with E-state index in [1.807, 2.05) is 0 Å². The van der Waals surface area contributed by atoms with Crippen LogP contribution in [0.25, 0.3) is 0 Å². The lowest BCUT2D eigenvalue weighted by Gasteiger charge is -2.13. The summed E-state index contributed by atoms with van der Waals surface area (Å²) in [5.41, 5.74) is 5.81. The van der Waals surface area contributed by atoms with Crippen molar-refractivity contribution in [2.24, 2.45) is 0 Å². The van der Waals surface area contributed by atoms with Gasteiger partial charge in [0, 0.05) is 12.4 Å². The van der Waals surface area contributed by atoms with Crippen molar-refractivity contribution in [3.63, 3.8) is 0 Å². The summed E-state index contributed by atoms with van der Waals surface area (Å²) >= 11 is 1.24. The fourth-order valence-electron chi connectivity index (χ4n) is 1.18. The normalized spacial score (nSPS) is 10.3. The van der Waals surface area contributed by atoms with Crippen molar-refractivity contribution < 1.29 is 4.79 Å². The van der Waals surface area contributed by atoms with Crippen LogP contribution in [-0.4, -0.2) is 38.0 Å². The van der Waals surface area contributed by atoms with Gasteiger partial charge < -0.3 is 10.6 Å². The Morgan fingerprint density at radius 3 is 3.06 bits per heavy atom. The van der Waals surface area contributed by atoms with Gasteiger partial charge in [0.05, 0.1) is 6.54 Å². The molecule has 16 heavy (non-hydrogen) atoms. The van der Waals surface area contributed by atoms with Gasteiger partial charge in [-0.25, -0.2) is 9.97 Å². The van der Waals surface area contributed by atoms with Crippen molar-refractivity contribution in [1.82, 2.24) is 25.1 Å². The Hall–Kier alpha value is -1.96. The van der Waals surface area contributed by atoms with Crippen LogP contribution in [0.1, 0.15) is 16.3 Å². The fourth-order valence-corrected chi connectivity index (χ4v) is 1.72. The molecular formula is C8H10N6OS. The molecule has 0 radical (unpaired) electrons. The molecule has 8 heteroatoms. The predicted molar refractivity (Wildman–Crippen MR) is 58.7 cm³/mol. The van der Waals surface area contributed by atoms with E-state index in [1.54, 1.807) is 12.4 Å². The number of carbonyl (C=O) groups excluding carboxylic acids is 1. The first kappa shape index (κ1) is 10.6. The monoisotopic (exact) mass is 238 g/mol. The Morgan fingerprint density at radius 2 is 2.50 bits per heavy atom. The molecule has 0 aliphatic carbocycles. The van der Waals surface area contributed by atoms with Crippen molar-refractivity contribution >= 4 is 22.4 Å². The highest BCUT2D eigenvalue weighted by molar-refractivity contribution is 7.13. The van der Waals surface area contributed by atoms with Crippen LogP contribution in [0.5, 0.6) is 0 Å². The summed E-state index contributed by atoms with van der Waals surface area (Å²) in [7, 11) is 1.67. The second-order valence-corrected chi connectivity index (χ2v) is 4.05. The summed E-state index contributed by atoms with van der Waals surface area (Å²) < 4.78 is 0. The molecule has 0 aliphatic rings. The summed E-state index contributed by atoms with van der Waals surface area (Å²) in [5.74, 6) is 0.434. The molecule has 2 rings (SSSR count). The average molecular weight is 238 g/mol. The van der Waals surface area contributed by atoms with Gasteiger partial charge in [0.15, 0.2) is 5.13 Å². The van der Waals surface area contributed by atoms with Gasteiger partial charge in [-0.3, -0.25) is 9.89 Å². The smallest absolute Gasteiger partial charge is 0.273 e. The van der Waals surface area contributed by atoms with E-state index in [4.69, 9.17) is 5.73 Å². The van der Waals surface area contributed by atoms with E-state index in [0.29, 0.717) is 23.2 Å². The molecule has 0 aromatic carbocycles. The molecule has 0 fully saturated rings. The van der Waals surface area contributed by atoms with E-state index >= 15 is 0 Å². The van der Waals surface area contributed by atoms with Gasteiger partial charge in [-0.05, 0) is 0 Å². The number of hydrogen-bond acceptors (Lipinski definition) is 6. The molecule has 1 amide bonds. The molecule has 2 heterocycles. The van der Waals surface area contributed by atoms with Crippen molar-refractivity contribution in [3.8, 4) is 0 Å². The topological polar surface area (TPSA) is 101 Å². The number of nitrogen functional groups attached to an aromatic ring is 1. The van der Waals surface area contributed by atoms with Gasteiger partial charge in [-0.2, -0.15) is 5.10 Å². The van der Waals surface area contributed by atoms with Gasteiger partial charge in [0.25, 0.3) is 5.91 Å². The summed E-state index contributed by atoms with van der Waals surface area (Å²) in [6, 6.07) is 0. The summed E-state index contributed by atoms with van der Waals surface area (Å²) in [4.78, 5) is 21.2. The number of hydrogen-bond donors (Lipinski definition) is 2. The van der Waals surface area contributed by atoms with Crippen molar-refractivity contribution in [3.05, 3.63) is 23.2 Å². The number of nitrogens with zero attached hydrogens (tertiary/aromatic N) is 4. The maximum Gasteiger partial charge on any atom is 0.273 e. The molecule has 3 N–H and O–H groups in total. The first-order valence-corrected chi connectivity index (χ1v) is 5.35.